The molecule has 0 bridgehead atoms. The Labute approximate surface area is 145 Å². The van der Waals surface area contributed by atoms with Crippen molar-refractivity contribution in [1.29, 1.82) is 0 Å². The molecule has 2 rings (SSSR count). The SMILES string of the molecule is CCCc1cc(OCC2CC2)c(C(F)F)cc1/C(CC)=C(\F)C(=O)O. The highest BCUT2D eigenvalue weighted by Gasteiger charge is 2.25. The Kier molecular flexibility index (Phi) is 6.51. The lowest BCUT2D eigenvalue weighted by molar-refractivity contribution is -0.134. The molecule has 1 aromatic carbocycles. The smallest absolute Gasteiger partial charge is 0.365 e. The first-order chi connectivity index (χ1) is 11.9. The molecule has 0 aliphatic heterocycles. The molecular formula is C19H23F3O3. The highest BCUT2D eigenvalue weighted by molar-refractivity contribution is 5.94. The van der Waals surface area contributed by atoms with E-state index < -0.39 is 18.2 Å². The summed E-state index contributed by atoms with van der Waals surface area (Å²) in [6.07, 6.45) is 0.630. The zero-order valence-corrected chi connectivity index (χ0v) is 14.4. The molecule has 6 heteroatoms. The van der Waals surface area contributed by atoms with Crippen molar-refractivity contribution >= 4 is 11.5 Å². The molecule has 0 radical (unpaired) electrons. The number of hydrogen-bond acceptors (Lipinski definition) is 2. The topological polar surface area (TPSA) is 46.5 Å². The first-order valence-corrected chi connectivity index (χ1v) is 8.59. The molecule has 1 fully saturated rings. The van der Waals surface area contributed by atoms with Crippen LogP contribution < -0.4 is 4.74 Å². The quantitative estimate of drug-likeness (QED) is 0.591. The molecule has 138 valence electrons. The van der Waals surface area contributed by atoms with Crippen molar-refractivity contribution in [1.82, 2.24) is 0 Å². The van der Waals surface area contributed by atoms with Crippen LogP contribution in [0.3, 0.4) is 0 Å². The van der Waals surface area contributed by atoms with E-state index in [1.165, 1.54) is 12.1 Å². The van der Waals surface area contributed by atoms with Crippen molar-refractivity contribution in [3.63, 3.8) is 0 Å². The van der Waals surface area contributed by atoms with Gasteiger partial charge in [0.15, 0.2) is 0 Å². The minimum atomic E-state index is -2.78. The molecule has 0 unspecified atom stereocenters. The zero-order valence-electron chi connectivity index (χ0n) is 14.4. The number of aryl methyl sites for hydroxylation is 1. The van der Waals surface area contributed by atoms with Crippen molar-refractivity contribution in [3.8, 4) is 5.75 Å². The molecule has 1 aliphatic carbocycles. The molecule has 0 heterocycles. The lowest BCUT2D eigenvalue weighted by atomic mass is 9.92. The summed E-state index contributed by atoms with van der Waals surface area (Å²) in [5, 5.41) is 8.95. The number of allylic oxidation sites excluding steroid dienone is 1. The molecule has 0 spiro atoms. The normalized spacial score (nSPS) is 15.3. The summed E-state index contributed by atoms with van der Waals surface area (Å²) in [4.78, 5) is 11.0. The largest absolute Gasteiger partial charge is 0.493 e. The van der Waals surface area contributed by atoms with E-state index >= 15 is 0 Å². The number of aliphatic carboxylic acids is 1. The number of carboxylic acid groups (broad SMARTS) is 1. The Hall–Kier alpha value is -1.98. The number of rotatable bonds is 9. The summed E-state index contributed by atoms with van der Waals surface area (Å²) in [6.45, 7) is 3.91. The third kappa shape index (κ3) is 4.77. The predicted octanol–water partition coefficient (Wildman–Crippen LogP) is 5.54. The fourth-order valence-electron chi connectivity index (χ4n) is 2.78. The molecule has 0 atom stereocenters. The number of carbonyl (C=O) groups is 1. The number of alkyl halides is 2. The lowest BCUT2D eigenvalue weighted by Crippen LogP contribution is -2.07. The highest BCUT2D eigenvalue weighted by atomic mass is 19.3. The van der Waals surface area contributed by atoms with Crippen molar-refractivity contribution in [2.45, 2.75) is 52.4 Å². The van der Waals surface area contributed by atoms with Crippen LogP contribution in [-0.2, 0) is 11.2 Å². The second-order valence-corrected chi connectivity index (χ2v) is 6.30. The van der Waals surface area contributed by atoms with Gasteiger partial charge in [0.05, 0.1) is 12.2 Å². The van der Waals surface area contributed by atoms with Gasteiger partial charge in [-0.25, -0.2) is 13.6 Å². The third-order valence-electron chi connectivity index (χ3n) is 4.29. The Morgan fingerprint density at radius 2 is 2.00 bits per heavy atom. The van der Waals surface area contributed by atoms with E-state index in [0.29, 0.717) is 24.5 Å². The van der Waals surface area contributed by atoms with Gasteiger partial charge in [-0.3, -0.25) is 0 Å². The first-order valence-electron chi connectivity index (χ1n) is 8.59. The number of carboxylic acids is 1. The summed E-state index contributed by atoms with van der Waals surface area (Å²) in [7, 11) is 0. The summed E-state index contributed by atoms with van der Waals surface area (Å²) in [5.41, 5.74) is 0.482. The molecule has 1 aliphatic rings. The number of halogens is 3. The molecule has 1 N–H and O–H groups in total. The van der Waals surface area contributed by atoms with E-state index in [4.69, 9.17) is 9.84 Å². The third-order valence-corrected chi connectivity index (χ3v) is 4.29. The van der Waals surface area contributed by atoms with Gasteiger partial charge in [0, 0.05) is 5.57 Å². The maximum Gasteiger partial charge on any atom is 0.365 e. The van der Waals surface area contributed by atoms with Crippen LogP contribution >= 0.6 is 0 Å². The molecule has 1 saturated carbocycles. The van der Waals surface area contributed by atoms with E-state index in [9.17, 15) is 18.0 Å². The van der Waals surface area contributed by atoms with E-state index in [1.54, 1.807) is 6.92 Å². The molecule has 1 aromatic rings. The van der Waals surface area contributed by atoms with Crippen LogP contribution in [0.25, 0.3) is 5.57 Å². The number of ether oxygens (including phenoxy) is 1. The fourth-order valence-corrected chi connectivity index (χ4v) is 2.78. The molecule has 25 heavy (non-hydrogen) atoms. The molecule has 0 saturated heterocycles. The predicted molar refractivity (Wildman–Crippen MR) is 89.6 cm³/mol. The summed E-state index contributed by atoms with van der Waals surface area (Å²) in [5.74, 6) is -2.46. The van der Waals surface area contributed by atoms with E-state index in [2.05, 4.69) is 0 Å². The molecule has 0 aromatic heterocycles. The summed E-state index contributed by atoms with van der Waals surface area (Å²) < 4.78 is 46.6. The van der Waals surface area contributed by atoms with Crippen molar-refractivity contribution in [3.05, 3.63) is 34.6 Å². The molecule has 3 nitrogen and oxygen atoms in total. The van der Waals surface area contributed by atoms with Crippen LogP contribution in [0.1, 0.15) is 62.6 Å². The molecule has 0 amide bonds. The van der Waals surface area contributed by atoms with E-state index in [1.807, 2.05) is 6.92 Å². The first kappa shape index (κ1) is 19.3. The second-order valence-electron chi connectivity index (χ2n) is 6.30. The minimum Gasteiger partial charge on any atom is -0.493 e. The van der Waals surface area contributed by atoms with Gasteiger partial charge in [-0.2, -0.15) is 4.39 Å². The number of benzene rings is 1. The van der Waals surface area contributed by atoms with Gasteiger partial charge in [0.2, 0.25) is 5.83 Å². The average molecular weight is 356 g/mol. The monoisotopic (exact) mass is 356 g/mol. The van der Waals surface area contributed by atoms with Gasteiger partial charge >= 0.3 is 5.97 Å². The van der Waals surface area contributed by atoms with Gasteiger partial charge in [0.1, 0.15) is 5.75 Å². The van der Waals surface area contributed by atoms with Crippen LogP contribution in [0.2, 0.25) is 0 Å². The number of hydrogen-bond donors (Lipinski definition) is 1. The molecular weight excluding hydrogens is 333 g/mol. The van der Waals surface area contributed by atoms with Gasteiger partial charge in [-0.1, -0.05) is 20.3 Å². The van der Waals surface area contributed by atoms with Crippen LogP contribution in [0.4, 0.5) is 13.2 Å². The van der Waals surface area contributed by atoms with Gasteiger partial charge in [0.25, 0.3) is 6.43 Å². The van der Waals surface area contributed by atoms with Crippen LogP contribution in [0.15, 0.2) is 18.0 Å². The zero-order chi connectivity index (χ0) is 18.6. The summed E-state index contributed by atoms with van der Waals surface area (Å²) >= 11 is 0. The highest BCUT2D eigenvalue weighted by Crippen LogP contribution is 2.38. The van der Waals surface area contributed by atoms with Crippen LogP contribution in [-0.4, -0.2) is 17.7 Å². The average Bonchev–Trinajstić information content (AvgIpc) is 3.38. The van der Waals surface area contributed by atoms with Crippen molar-refractivity contribution in [2.24, 2.45) is 5.92 Å². The van der Waals surface area contributed by atoms with Crippen LogP contribution in [0, 0.1) is 5.92 Å². The second kappa shape index (κ2) is 8.41. The fraction of sp³-hybridized carbons (Fsp3) is 0.526. The Morgan fingerprint density at radius 3 is 2.48 bits per heavy atom. The summed E-state index contributed by atoms with van der Waals surface area (Å²) in [6, 6.07) is 2.72. The Bertz CT molecular complexity index is 664. The van der Waals surface area contributed by atoms with Crippen molar-refractivity contribution < 1.29 is 27.8 Å². The lowest BCUT2D eigenvalue weighted by Gasteiger charge is -2.18. The van der Waals surface area contributed by atoms with Crippen LogP contribution in [0.5, 0.6) is 5.75 Å². The minimum absolute atomic E-state index is 0.0633. The van der Waals surface area contributed by atoms with Gasteiger partial charge in [-0.05, 0) is 54.9 Å². The standard InChI is InChI=1S/C19H23F3O3/c1-3-5-12-8-16(25-10-11-6-7-11)15(18(21)22)9-14(12)13(4-2)17(20)19(23)24/h8-9,11,18H,3-7,10H2,1-2H3,(H,23,24)/b17-13-. The van der Waals surface area contributed by atoms with E-state index in [-0.39, 0.29) is 28.9 Å². The van der Waals surface area contributed by atoms with Gasteiger partial charge < -0.3 is 9.84 Å². The van der Waals surface area contributed by atoms with E-state index in [0.717, 1.165) is 19.3 Å². The maximum atomic E-state index is 14.1. The van der Waals surface area contributed by atoms with Gasteiger partial charge in [-0.15, -0.1) is 0 Å². The van der Waals surface area contributed by atoms with Crippen molar-refractivity contribution in [2.75, 3.05) is 6.61 Å². The Morgan fingerprint density at radius 1 is 1.32 bits per heavy atom. The Balaban J connectivity index is 2.54. The maximum absolute atomic E-state index is 14.1.